The van der Waals surface area contributed by atoms with Gasteiger partial charge in [-0.05, 0) is 56.2 Å². The Morgan fingerprint density at radius 1 is 1.00 bits per heavy atom. The van der Waals surface area contributed by atoms with Crippen LogP contribution in [0.2, 0.25) is 0 Å². The first kappa shape index (κ1) is 13.4. The minimum atomic E-state index is -0.491. The highest BCUT2D eigenvalue weighted by atomic mass is 16.6. The van der Waals surface area contributed by atoms with Gasteiger partial charge in [-0.2, -0.15) is 0 Å². The van der Waals surface area contributed by atoms with E-state index in [0.29, 0.717) is 5.56 Å². The van der Waals surface area contributed by atoms with Gasteiger partial charge in [0.2, 0.25) is 0 Å². The summed E-state index contributed by atoms with van der Waals surface area (Å²) in [7, 11) is 1.62. The summed E-state index contributed by atoms with van der Waals surface area (Å²) in [6.45, 7) is 5.58. The van der Waals surface area contributed by atoms with Crippen molar-refractivity contribution in [1.82, 2.24) is 0 Å². The molecule has 0 aromatic carbocycles. The Morgan fingerprint density at radius 3 is 2.26 bits per heavy atom. The lowest BCUT2D eigenvalue weighted by atomic mass is 10.1. The lowest BCUT2D eigenvalue weighted by Crippen LogP contribution is -2.23. The van der Waals surface area contributed by atoms with Crippen LogP contribution >= 0.6 is 0 Å². The van der Waals surface area contributed by atoms with Crippen molar-refractivity contribution in [3.63, 3.8) is 0 Å². The number of fused-ring (bicyclic) bond motifs is 1. The van der Waals surface area contributed by atoms with Crippen LogP contribution in [0.3, 0.4) is 0 Å². The summed E-state index contributed by atoms with van der Waals surface area (Å²) in [6.07, 6.45) is 0. The Hall–Kier alpha value is -2.03. The molecule has 0 aromatic rings. The van der Waals surface area contributed by atoms with Crippen LogP contribution < -0.4 is 4.74 Å². The molecule has 2 aliphatic carbocycles. The van der Waals surface area contributed by atoms with Gasteiger partial charge in [0, 0.05) is 0 Å². The fourth-order valence-electron chi connectivity index (χ4n) is 1.88. The van der Waals surface area contributed by atoms with Gasteiger partial charge >= 0.3 is 5.97 Å². The van der Waals surface area contributed by atoms with Gasteiger partial charge in [0.1, 0.15) is 11.4 Å². The summed E-state index contributed by atoms with van der Waals surface area (Å²) in [6, 6.07) is 11.2. The van der Waals surface area contributed by atoms with Crippen molar-refractivity contribution in [1.29, 1.82) is 0 Å². The number of carbonyl (C=O) groups excluding carboxylic acids is 1. The highest BCUT2D eigenvalue weighted by molar-refractivity contribution is 5.99. The molecule has 0 saturated heterocycles. The Kier molecular flexibility index (Phi) is 3.47. The monoisotopic (exact) mass is 258 g/mol. The van der Waals surface area contributed by atoms with Crippen LogP contribution in [0.1, 0.15) is 31.1 Å². The van der Waals surface area contributed by atoms with Crippen LogP contribution in [0.15, 0.2) is 36.4 Å². The first-order chi connectivity index (χ1) is 8.90. The molecule has 0 saturated carbocycles. The molecule has 2 aliphatic rings. The minimum Gasteiger partial charge on any atom is -0.497 e. The smallest absolute Gasteiger partial charge is 0.339 e. The number of carbonyl (C=O) groups is 1. The molecule has 3 heteroatoms. The zero-order chi connectivity index (χ0) is 14.0. The van der Waals surface area contributed by atoms with Gasteiger partial charge < -0.3 is 9.47 Å². The Labute approximate surface area is 113 Å². The van der Waals surface area contributed by atoms with E-state index in [1.807, 2.05) is 51.1 Å². The van der Waals surface area contributed by atoms with E-state index in [1.165, 1.54) is 0 Å². The first-order valence-electron chi connectivity index (χ1n) is 6.21. The normalized spacial score (nSPS) is 11.4. The Morgan fingerprint density at radius 2 is 1.63 bits per heavy atom. The first-order valence-corrected chi connectivity index (χ1v) is 6.21. The number of methoxy groups -OCH3 is 1. The van der Waals surface area contributed by atoms with Crippen LogP contribution in [0.25, 0.3) is 11.1 Å². The SMILES string of the molecule is COc1ccc2ccc(C(=O)OC(C)(C)C)c-2cc1. The van der Waals surface area contributed by atoms with E-state index in [4.69, 9.17) is 9.47 Å². The van der Waals surface area contributed by atoms with Gasteiger partial charge in [-0.15, -0.1) is 0 Å². The van der Waals surface area contributed by atoms with Crippen LogP contribution in [0.4, 0.5) is 0 Å². The lowest BCUT2D eigenvalue weighted by molar-refractivity contribution is 0.00709. The average Bonchev–Trinajstić information content (AvgIpc) is 2.60. The second-order valence-corrected chi connectivity index (χ2v) is 5.39. The van der Waals surface area contributed by atoms with Crippen LogP contribution in [-0.2, 0) is 4.74 Å². The molecule has 19 heavy (non-hydrogen) atoms. The molecule has 0 heterocycles. The predicted octanol–water partition coefficient (Wildman–Crippen LogP) is 3.76. The van der Waals surface area contributed by atoms with E-state index in [0.717, 1.165) is 16.9 Å². The lowest BCUT2D eigenvalue weighted by Gasteiger charge is -2.19. The van der Waals surface area contributed by atoms with Gasteiger partial charge in [0.15, 0.2) is 0 Å². The summed E-state index contributed by atoms with van der Waals surface area (Å²) in [5, 5.41) is 0. The highest BCUT2D eigenvalue weighted by Crippen LogP contribution is 2.30. The molecule has 0 N–H and O–H groups in total. The van der Waals surface area contributed by atoms with Gasteiger partial charge in [-0.25, -0.2) is 4.79 Å². The summed E-state index contributed by atoms with van der Waals surface area (Å²) < 4.78 is 10.6. The highest BCUT2D eigenvalue weighted by Gasteiger charge is 2.21. The number of esters is 1. The van der Waals surface area contributed by atoms with E-state index >= 15 is 0 Å². The standard InChI is InChI=1S/C16H18O3/c1-16(2,3)19-15(17)14-9-6-11-5-7-12(18-4)8-10-13(11)14/h5-10H,1-4H3. The van der Waals surface area contributed by atoms with Crippen molar-refractivity contribution in [2.24, 2.45) is 0 Å². The maximum absolute atomic E-state index is 12.1. The molecule has 0 amide bonds. The number of hydrogen-bond donors (Lipinski definition) is 0. The summed E-state index contributed by atoms with van der Waals surface area (Å²) in [4.78, 5) is 12.1. The van der Waals surface area contributed by atoms with E-state index in [9.17, 15) is 4.79 Å². The van der Waals surface area contributed by atoms with Crippen LogP contribution in [0.5, 0.6) is 5.75 Å². The molecule has 0 spiro atoms. The quantitative estimate of drug-likeness (QED) is 0.769. The molecule has 0 unspecified atom stereocenters. The van der Waals surface area contributed by atoms with E-state index in [-0.39, 0.29) is 5.97 Å². The average molecular weight is 258 g/mol. The minimum absolute atomic E-state index is 0.298. The number of rotatable bonds is 2. The maximum atomic E-state index is 12.1. The second-order valence-electron chi connectivity index (χ2n) is 5.39. The van der Waals surface area contributed by atoms with Crippen molar-refractivity contribution in [2.45, 2.75) is 26.4 Å². The van der Waals surface area contributed by atoms with Crippen molar-refractivity contribution >= 4 is 5.97 Å². The maximum Gasteiger partial charge on any atom is 0.339 e. The van der Waals surface area contributed by atoms with Gasteiger partial charge in [-0.1, -0.05) is 12.1 Å². The third-order valence-electron chi connectivity index (χ3n) is 2.73. The molecule has 2 rings (SSSR count). The Balaban J connectivity index is 2.39. The van der Waals surface area contributed by atoms with Crippen molar-refractivity contribution in [3.05, 3.63) is 42.0 Å². The van der Waals surface area contributed by atoms with Crippen molar-refractivity contribution in [2.75, 3.05) is 7.11 Å². The number of hydrogen-bond acceptors (Lipinski definition) is 3. The topological polar surface area (TPSA) is 35.5 Å². The Bertz CT molecular complexity index is 567. The van der Waals surface area contributed by atoms with Crippen molar-refractivity contribution in [3.8, 4) is 16.9 Å². The van der Waals surface area contributed by atoms with Gasteiger partial charge in [0.05, 0.1) is 12.7 Å². The fraction of sp³-hybridized carbons (Fsp3) is 0.312. The molecule has 0 radical (unpaired) electrons. The molecular formula is C16H18O3. The van der Waals surface area contributed by atoms with E-state index in [1.54, 1.807) is 13.2 Å². The zero-order valence-electron chi connectivity index (χ0n) is 11.7. The van der Waals surface area contributed by atoms with E-state index < -0.39 is 5.60 Å². The molecule has 0 aromatic heterocycles. The third-order valence-corrected chi connectivity index (χ3v) is 2.73. The number of ether oxygens (including phenoxy) is 2. The molecule has 0 bridgehead atoms. The van der Waals surface area contributed by atoms with Crippen LogP contribution in [-0.4, -0.2) is 18.7 Å². The van der Waals surface area contributed by atoms with E-state index in [2.05, 4.69) is 0 Å². The molecule has 100 valence electrons. The van der Waals surface area contributed by atoms with Gasteiger partial charge in [-0.3, -0.25) is 0 Å². The zero-order valence-corrected chi connectivity index (χ0v) is 11.7. The molecule has 0 aliphatic heterocycles. The molecule has 3 nitrogen and oxygen atoms in total. The summed E-state index contributed by atoms with van der Waals surface area (Å²) >= 11 is 0. The summed E-state index contributed by atoms with van der Waals surface area (Å²) in [5.41, 5.74) is 1.96. The van der Waals surface area contributed by atoms with Crippen molar-refractivity contribution < 1.29 is 14.3 Å². The predicted molar refractivity (Wildman–Crippen MR) is 74.8 cm³/mol. The second kappa shape index (κ2) is 4.92. The molecule has 0 fully saturated rings. The summed E-state index contributed by atoms with van der Waals surface area (Å²) in [5.74, 6) is 0.457. The fourth-order valence-corrected chi connectivity index (χ4v) is 1.88. The van der Waals surface area contributed by atoms with Gasteiger partial charge in [0.25, 0.3) is 0 Å². The largest absolute Gasteiger partial charge is 0.497 e. The molecular weight excluding hydrogens is 240 g/mol. The third kappa shape index (κ3) is 3.05. The van der Waals surface area contributed by atoms with Crippen LogP contribution in [0, 0.1) is 0 Å². The molecule has 0 atom stereocenters.